The first-order chi connectivity index (χ1) is 15.0. The van der Waals surface area contributed by atoms with E-state index in [-0.39, 0.29) is 11.3 Å². The third kappa shape index (κ3) is 4.14. The maximum Gasteiger partial charge on any atom is 0.216 e. The smallest absolute Gasteiger partial charge is 0.216 e. The van der Waals surface area contributed by atoms with E-state index in [9.17, 15) is 12.8 Å². The molecular weight excluding hydrogens is 415 g/mol. The number of hydrogen-bond donors (Lipinski definition) is 1. The van der Waals surface area contributed by atoms with Crippen LogP contribution in [-0.2, 0) is 16.7 Å². The van der Waals surface area contributed by atoms with Crippen LogP contribution in [0.1, 0.15) is 31.4 Å². The molecule has 2 aliphatic rings. The van der Waals surface area contributed by atoms with E-state index in [2.05, 4.69) is 27.4 Å². The Morgan fingerprint density at radius 1 is 1.03 bits per heavy atom. The van der Waals surface area contributed by atoms with Gasteiger partial charge in [0.15, 0.2) is 0 Å². The van der Waals surface area contributed by atoms with Crippen LogP contribution in [0.25, 0.3) is 21.9 Å². The van der Waals surface area contributed by atoms with E-state index in [0.29, 0.717) is 18.8 Å². The van der Waals surface area contributed by atoms with Crippen LogP contribution >= 0.6 is 0 Å². The van der Waals surface area contributed by atoms with Gasteiger partial charge in [-0.1, -0.05) is 0 Å². The van der Waals surface area contributed by atoms with Crippen molar-refractivity contribution < 1.29 is 12.8 Å². The summed E-state index contributed by atoms with van der Waals surface area (Å²) in [6.07, 6.45) is 8.35. The Bertz CT molecular complexity index is 1210. The molecule has 0 bridgehead atoms. The molecule has 6 nitrogen and oxygen atoms in total. The van der Waals surface area contributed by atoms with Crippen molar-refractivity contribution in [2.45, 2.75) is 43.6 Å². The summed E-state index contributed by atoms with van der Waals surface area (Å²) >= 11 is 0. The Morgan fingerprint density at radius 3 is 2.58 bits per heavy atom. The average Bonchev–Trinajstić information content (AvgIpc) is 3.66. The van der Waals surface area contributed by atoms with Crippen LogP contribution < -0.4 is 5.32 Å². The van der Waals surface area contributed by atoms with Crippen molar-refractivity contribution >= 4 is 26.5 Å². The summed E-state index contributed by atoms with van der Waals surface area (Å²) in [6.45, 7) is 0.506. The first-order valence-electron chi connectivity index (χ1n) is 10.7. The maximum atomic E-state index is 13.1. The van der Waals surface area contributed by atoms with Crippen molar-refractivity contribution in [2.75, 3.05) is 18.4 Å². The number of alkyl halides is 1. The summed E-state index contributed by atoms with van der Waals surface area (Å²) in [5.74, 6) is 0. The Balaban J connectivity index is 1.40. The largest absolute Gasteiger partial charge is 0.382 e. The lowest BCUT2D eigenvalue weighted by Gasteiger charge is -2.32. The number of nitrogens with zero attached hydrogens (tertiary/aromatic N) is 3. The molecule has 31 heavy (non-hydrogen) atoms. The summed E-state index contributed by atoms with van der Waals surface area (Å²) < 4.78 is 39.8. The van der Waals surface area contributed by atoms with Gasteiger partial charge in [0.1, 0.15) is 6.67 Å². The number of hydrogen-bond acceptors (Lipinski definition) is 5. The van der Waals surface area contributed by atoms with Gasteiger partial charge in [0, 0.05) is 48.8 Å². The first kappa shape index (κ1) is 20.3. The summed E-state index contributed by atoms with van der Waals surface area (Å²) in [5.41, 5.74) is 3.26. The molecule has 0 unspecified atom stereocenters. The lowest BCUT2D eigenvalue weighted by atomic mass is 9.99. The second-order valence-corrected chi connectivity index (χ2v) is 10.6. The highest BCUT2D eigenvalue weighted by molar-refractivity contribution is 7.90. The van der Waals surface area contributed by atoms with E-state index in [1.165, 1.54) is 0 Å². The van der Waals surface area contributed by atoms with Gasteiger partial charge in [-0.05, 0) is 72.5 Å². The summed E-state index contributed by atoms with van der Waals surface area (Å²) in [4.78, 5) is 8.33. The van der Waals surface area contributed by atoms with Crippen LogP contribution in [0.2, 0.25) is 0 Å². The average molecular weight is 441 g/mol. The first-order valence-corrected chi connectivity index (χ1v) is 12.2. The highest BCUT2D eigenvalue weighted by Gasteiger charge is 2.41. The fourth-order valence-corrected chi connectivity index (χ4v) is 6.14. The van der Waals surface area contributed by atoms with E-state index in [4.69, 9.17) is 0 Å². The lowest BCUT2D eigenvalue weighted by Crippen LogP contribution is -2.43. The van der Waals surface area contributed by atoms with Crippen LogP contribution in [0.3, 0.4) is 0 Å². The number of anilines is 1. The predicted molar refractivity (Wildman–Crippen MR) is 120 cm³/mol. The van der Waals surface area contributed by atoms with Crippen molar-refractivity contribution in [1.82, 2.24) is 14.3 Å². The SMILES string of the molecule is O=S(=O)(C1CC1)N1CCC(Nc2cc(-c3ccnc(CF)c3)cc3ccncc23)CC1. The second kappa shape index (κ2) is 8.16. The fourth-order valence-electron chi connectivity index (χ4n) is 4.27. The van der Waals surface area contributed by atoms with Crippen molar-refractivity contribution in [1.29, 1.82) is 0 Å². The van der Waals surface area contributed by atoms with Crippen LogP contribution in [-0.4, -0.2) is 47.1 Å². The number of nitrogens with one attached hydrogen (secondary N) is 1. The number of halogens is 1. The lowest BCUT2D eigenvalue weighted by molar-refractivity contribution is 0.329. The van der Waals surface area contributed by atoms with Crippen LogP contribution in [0.5, 0.6) is 0 Å². The minimum absolute atomic E-state index is 0.154. The van der Waals surface area contributed by atoms with E-state index in [1.54, 1.807) is 22.8 Å². The summed E-state index contributed by atoms with van der Waals surface area (Å²) in [5, 5.41) is 5.53. The molecule has 2 fully saturated rings. The molecule has 0 radical (unpaired) electrons. The molecule has 1 N–H and O–H groups in total. The molecule has 1 saturated heterocycles. The summed E-state index contributed by atoms with van der Waals surface area (Å²) in [6, 6.07) is 9.94. The van der Waals surface area contributed by atoms with Crippen LogP contribution in [0, 0.1) is 0 Å². The van der Waals surface area contributed by atoms with Crippen molar-refractivity contribution in [3.8, 4) is 11.1 Å². The molecule has 2 aromatic heterocycles. The van der Waals surface area contributed by atoms with Gasteiger partial charge in [-0.25, -0.2) is 17.1 Å². The van der Waals surface area contributed by atoms with Gasteiger partial charge >= 0.3 is 0 Å². The topological polar surface area (TPSA) is 75.2 Å². The molecule has 1 aromatic carbocycles. The van der Waals surface area contributed by atoms with E-state index in [1.807, 2.05) is 18.3 Å². The van der Waals surface area contributed by atoms with E-state index in [0.717, 1.165) is 53.3 Å². The molecule has 8 heteroatoms. The molecule has 5 rings (SSSR count). The molecule has 3 aromatic rings. The van der Waals surface area contributed by atoms with Crippen molar-refractivity contribution in [3.63, 3.8) is 0 Å². The van der Waals surface area contributed by atoms with Gasteiger partial charge in [0.05, 0.1) is 10.9 Å². The van der Waals surface area contributed by atoms with Gasteiger partial charge in [-0.15, -0.1) is 0 Å². The molecule has 1 saturated carbocycles. The number of fused-ring (bicyclic) bond motifs is 1. The quantitative estimate of drug-likeness (QED) is 0.624. The minimum atomic E-state index is -3.11. The predicted octanol–water partition coefficient (Wildman–Crippen LogP) is 4.13. The number of pyridine rings is 2. The molecule has 3 heterocycles. The molecule has 1 aliphatic carbocycles. The third-order valence-electron chi connectivity index (χ3n) is 6.16. The molecule has 162 valence electrons. The molecule has 0 amide bonds. The van der Waals surface area contributed by atoms with Gasteiger partial charge < -0.3 is 5.32 Å². The molecule has 0 atom stereocenters. The zero-order chi connectivity index (χ0) is 21.4. The highest BCUT2D eigenvalue weighted by atomic mass is 32.2. The fraction of sp³-hybridized carbons (Fsp3) is 0.391. The number of sulfonamides is 1. The van der Waals surface area contributed by atoms with Gasteiger partial charge in [-0.2, -0.15) is 0 Å². The number of aromatic nitrogens is 2. The Morgan fingerprint density at radius 2 is 1.84 bits per heavy atom. The highest BCUT2D eigenvalue weighted by Crippen LogP contribution is 2.34. The molecule has 1 aliphatic heterocycles. The van der Waals surface area contributed by atoms with E-state index >= 15 is 0 Å². The third-order valence-corrected chi connectivity index (χ3v) is 8.56. The number of rotatable bonds is 6. The van der Waals surface area contributed by atoms with Crippen LogP contribution in [0.4, 0.5) is 10.1 Å². The Labute approximate surface area is 181 Å². The molecule has 0 spiro atoms. The normalized spacial score (nSPS) is 18.4. The van der Waals surface area contributed by atoms with Gasteiger partial charge in [0.25, 0.3) is 0 Å². The Kier molecular flexibility index (Phi) is 5.35. The zero-order valence-electron chi connectivity index (χ0n) is 17.2. The standard InChI is InChI=1S/C23H25FN4O2S/c24-14-20-12-16(4-8-26-20)18-11-17-3-7-25-15-22(17)23(13-18)27-19-5-9-28(10-6-19)31(29,30)21-1-2-21/h3-4,7-8,11-13,15,19,21,27H,1-2,5-6,9-10,14H2. The minimum Gasteiger partial charge on any atom is -0.382 e. The van der Waals surface area contributed by atoms with Crippen LogP contribution in [0.15, 0.2) is 48.9 Å². The molecular formula is C23H25FN4O2S. The van der Waals surface area contributed by atoms with Gasteiger partial charge in [0.2, 0.25) is 10.0 Å². The number of benzene rings is 1. The Hall–Kier alpha value is -2.58. The monoisotopic (exact) mass is 440 g/mol. The van der Waals surface area contributed by atoms with Crippen molar-refractivity contribution in [3.05, 3.63) is 54.6 Å². The van der Waals surface area contributed by atoms with Crippen molar-refractivity contribution in [2.24, 2.45) is 0 Å². The summed E-state index contributed by atoms with van der Waals surface area (Å²) in [7, 11) is -3.11. The zero-order valence-corrected chi connectivity index (χ0v) is 18.0. The second-order valence-electron chi connectivity index (χ2n) is 8.35. The number of piperidine rings is 1. The van der Waals surface area contributed by atoms with E-state index < -0.39 is 16.7 Å². The maximum absolute atomic E-state index is 13.1. The van der Waals surface area contributed by atoms with Gasteiger partial charge in [-0.3, -0.25) is 9.97 Å².